The van der Waals surface area contributed by atoms with Gasteiger partial charge in [0.2, 0.25) is 0 Å². The van der Waals surface area contributed by atoms with Crippen molar-refractivity contribution in [3.05, 3.63) is 40.6 Å². The first-order chi connectivity index (χ1) is 9.15. The second-order valence-electron chi connectivity index (χ2n) is 4.65. The summed E-state index contributed by atoms with van der Waals surface area (Å²) in [6.07, 6.45) is 1.62. The summed E-state index contributed by atoms with van der Waals surface area (Å²) in [4.78, 5) is 8.86. The zero-order valence-electron chi connectivity index (χ0n) is 11.4. The molecule has 0 fully saturated rings. The molecule has 0 aliphatic carbocycles. The molecule has 0 aliphatic rings. The Morgan fingerprint density at radius 1 is 1.21 bits per heavy atom. The minimum atomic E-state index is 0.359. The zero-order chi connectivity index (χ0) is 13.8. The third kappa shape index (κ3) is 2.95. The summed E-state index contributed by atoms with van der Waals surface area (Å²) in [5.74, 6) is 1.29. The lowest BCUT2D eigenvalue weighted by Crippen LogP contribution is -2.07. The number of rotatable bonds is 4. The van der Waals surface area contributed by atoms with Gasteiger partial charge in [0.1, 0.15) is 12.1 Å². The number of hydrogen-bond acceptors (Lipinski definition) is 3. The minimum absolute atomic E-state index is 0.359. The zero-order valence-corrected chi connectivity index (χ0v) is 13.0. The summed E-state index contributed by atoms with van der Waals surface area (Å²) in [6, 6.07) is 8.15. The number of benzene rings is 1. The van der Waals surface area contributed by atoms with Crippen LogP contribution in [0.3, 0.4) is 0 Å². The molecule has 0 saturated carbocycles. The fourth-order valence-corrected chi connectivity index (χ4v) is 2.59. The quantitative estimate of drug-likeness (QED) is 0.904. The molecule has 0 spiro atoms. The standard InChI is InChI=1S/C15H18BrN3/c1-4-17-15-13(10(2)3)14(18-9-19-15)11-7-5-6-8-12(11)16/h5-10H,4H2,1-3H3,(H,17,18,19). The fourth-order valence-electron chi connectivity index (χ4n) is 2.12. The van der Waals surface area contributed by atoms with E-state index in [1.165, 1.54) is 0 Å². The van der Waals surface area contributed by atoms with E-state index in [9.17, 15) is 0 Å². The molecule has 0 amide bonds. The molecule has 0 unspecified atom stereocenters. The van der Waals surface area contributed by atoms with Gasteiger partial charge in [-0.25, -0.2) is 9.97 Å². The Hall–Kier alpha value is -1.42. The van der Waals surface area contributed by atoms with E-state index in [0.29, 0.717) is 5.92 Å². The second kappa shape index (κ2) is 6.15. The van der Waals surface area contributed by atoms with Gasteiger partial charge in [0.15, 0.2) is 0 Å². The highest BCUT2D eigenvalue weighted by atomic mass is 79.9. The van der Waals surface area contributed by atoms with Crippen LogP contribution in [0.25, 0.3) is 11.3 Å². The lowest BCUT2D eigenvalue weighted by Gasteiger charge is -2.17. The van der Waals surface area contributed by atoms with E-state index >= 15 is 0 Å². The Morgan fingerprint density at radius 2 is 1.95 bits per heavy atom. The molecule has 0 bridgehead atoms. The highest BCUT2D eigenvalue weighted by molar-refractivity contribution is 9.10. The molecule has 0 aliphatic heterocycles. The second-order valence-corrected chi connectivity index (χ2v) is 5.50. The van der Waals surface area contributed by atoms with E-state index in [1.54, 1.807) is 6.33 Å². The number of halogens is 1. The predicted octanol–water partition coefficient (Wildman–Crippen LogP) is 4.46. The van der Waals surface area contributed by atoms with Crippen molar-refractivity contribution >= 4 is 21.7 Å². The Labute approximate surface area is 122 Å². The molecule has 100 valence electrons. The Morgan fingerprint density at radius 3 is 2.58 bits per heavy atom. The van der Waals surface area contributed by atoms with Crippen LogP contribution in [0, 0.1) is 0 Å². The van der Waals surface area contributed by atoms with Crippen molar-refractivity contribution in [3.8, 4) is 11.3 Å². The molecule has 1 aromatic carbocycles. The predicted molar refractivity (Wildman–Crippen MR) is 83.4 cm³/mol. The molecule has 1 aromatic heterocycles. The van der Waals surface area contributed by atoms with Crippen LogP contribution in [-0.2, 0) is 0 Å². The van der Waals surface area contributed by atoms with E-state index < -0.39 is 0 Å². The molecule has 1 heterocycles. The van der Waals surface area contributed by atoms with Gasteiger partial charge in [-0.15, -0.1) is 0 Å². The Bertz CT molecular complexity index is 567. The lowest BCUT2D eigenvalue weighted by atomic mass is 9.97. The molecular weight excluding hydrogens is 302 g/mol. The largest absolute Gasteiger partial charge is 0.370 e. The highest BCUT2D eigenvalue weighted by Crippen LogP contribution is 2.35. The van der Waals surface area contributed by atoms with Crippen molar-refractivity contribution in [2.75, 3.05) is 11.9 Å². The van der Waals surface area contributed by atoms with Crippen molar-refractivity contribution in [3.63, 3.8) is 0 Å². The maximum absolute atomic E-state index is 4.49. The van der Waals surface area contributed by atoms with Crippen LogP contribution >= 0.6 is 15.9 Å². The van der Waals surface area contributed by atoms with E-state index in [1.807, 2.05) is 18.2 Å². The number of nitrogens with zero attached hydrogens (tertiary/aromatic N) is 2. The van der Waals surface area contributed by atoms with Gasteiger partial charge in [-0.05, 0) is 18.9 Å². The van der Waals surface area contributed by atoms with Gasteiger partial charge in [0, 0.05) is 22.1 Å². The molecule has 0 saturated heterocycles. The molecule has 4 heteroatoms. The Kier molecular flexibility index (Phi) is 4.53. The van der Waals surface area contributed by atoms with E-state index in [-0.39, 0.29) is 0 Å². The minimum Gasteiger partial charge on any atom is -0.370 e. The summed E-state index contributed by atoms with van der Waals surface area (Å²) in [5, 5.41) is 3.32. The molecule has 19 heavy (non-hydrogen) atoms. The number of aromatic nitrogens is 2. The van der Waals surface area contributed by atoms with Gasteiger partial charge in [0.25, 0.3) is 0 Å². The molecule has 3 nitrogen and oxygen atoms in total. The van der Waals surface area contributed by atoms with Crippen LogP contribution < -0.4 is 5.32 Å². The van der Waals surface area contributed by atoms with Crippen LogP contribution in [0.4, 0.5) is 5.82 Å². The summed E-state index contributed by atoms with van der Waals surface area (Å²) >= 11 is 3.60. The van der Waals surface area contributed by atoms with Crippen molar-refractivity contribution < 1.29 is 0 Å². The number of nitrogens with one attached hydrogen (secondary N) is 1. The molecular formula is C15H18BrN3. The molecule has 1 N–H and O–H groups in total. The monoisotopic (exact) mass is 319 g/mol. The first-order valence-electron chi connectivity index (χ1n) is 6.48. The summed E-state index contributed by atoms with van der Waals surface area (Å²) < 4.78 is 1.05. The summed E-state index contributed by atoms with van der Waals surface area (Å²) in [5.41, 5.74) is 3.26. The average Bonchev–Trinajstić information content (AvgIpc) is 2.39. The smallest absolute Gasteiger partial charge is 0.133 e. The fraction of sp³-hybridized carbons (Fsp3) is 0.333. The van der Waals surface area contributed by atoms with Gasteiger partial charge in [0.05, 0.1) is 5.69 Å². The van der Waals surface area contributed by atoms with Crippen molar-refractivity contribution in [1.82, 2.24) is 9.97 Å². The van der Waals surface area contributed by atoms with Crippen LogP contribution in [0.5, 0.6) is 0 Å². The normalized spacial score (nSPS) is 10.8. The van der Waals surface area contributed by atoms with Gasteiger partial charge in [-0.2, -0.15) is 0 Å². The van der Waals surface area contributed by atoms with Gasteiger partial charge in [-0.1, -0.05) is 48.0 Å². The van der Waals surface area contributed by atoms with Crippen LogP contribution in [0.1, 0.15) is 32.3 Å². The van der Waals surface area contributed by atoms with E-state index in [2.05, 4.69) is 58.1 Å². The molecule has 2 rings (SSSR count). The average molecular weight is 320 g/mol. The third-order valence-corrected chi connectivity index (χ3v) is 3.63. The summed E-state index contributed by atoms with van der Waals surface area (Å²) in [6.45, 7) is 7.26. The van der Waals surface area contributed by atoms with Crippen molar-refractivity contribution in [1.29, 1.82) is 0 Å². The van der Waals surface area contributed by atoms with Crippen LogP contribution in [0.2, 0.25) is 0 Å². The maximum atomic E-state index is 4.49. The van der Waals surface area contributed by atoms with E-state index in [0.717, 1.165) is 33.7 Å². The summed E-state index contributed by atoms with van der Waals surface area (Å²) in [7, 11) is 0. The molecule has 0 radical (unpaired) electrons. The highest BCUT2D eigenvalue weighted by Gasteiger charge is 2.17. The topological polar surface area (TPSA) is 37.8 Å². The molecule has 0 atom stereocenters. The number of anilines is 1. The third-order valence-electron chi connectivity index (χ3n) is 2.93. The first kappa shape index (κ1) is 14.0. The van der Waals surface area contributed by atoms with Crippen molar-refractivity contribution in [2.45, 2.75) is 26.7 Å². The first-order valence-corrected chi connectivity index (χ1v) is 7.28. The van der Waals surface area contributed by atoms with Gasteiger partial charge >= 0.3 is 0 Å². The van der Waals surface area contributed by atoms with Crippen LogP contribution in [0.15, 0.2) is 35.1 Å². The maximum Gasteiger partial charge on any atom is 0.133 e. The molecule has 2 aromatic rings. The van der Waals surface area contributed by atoms with E-state index in [4.69, 9.17) is 0 Å². The van der Waals surface area contributed by atoms with Crippen molar-refractivity contribution in [2.24, 2.45) is 0 Å². The number of hydrogen-bond donors (Lipinski definition) is 1. The van der Waals surface area contributed by atoms with Gasteiger partial charge in [-0.3, -0.25) is 0 Å². The SMILES string of the molecule is CCNc1ncnc(-c2ccccc2Br)c1C(C)C. The van der Waals surface area contributed by atoms with Gasteiger partial charge < -0.3 is 5.32 Å². The van der Waals surface area contributed by atoms with Crippen LogP contribution in [-0.4, -0.2) is 16.5 Å². The lowest BCUT2D eigenvalue weighted by molar-refractivity contribution is 0.849. The Balaban J connectivity index is 2.63.